The number of carbonyl (C=O) groups excluding carboxylic acids is 2. The van der Waals surface area contributed by atoms with Gasteiger partial charge in [0, 0.05) is 6.54 Å². The molecule has 2 N–H and O–H groups in total. The van der Waals surface area contributed by atoms with E-state index in [1.807, 2.05) is 22.4 Å². The van der Waals surface area contributed by atoms with E-state index >= 15 is 0 Å². The lowest BCUT2D eigenvalue weighted by atomic mass is 9.97. The van der Waals surface area contributed by atoms with Gasteiger partial charge < -0.3 is 15.1 Å². The summed E-state index contributed by atoms with van der Waals surface area (Å²) in [5.41, 5.74) is 1.50. The summed E-state index contributed by atoms with van der Waals surface area (Å²) in [5, 5.41) is 4.99. The summed E-state index contributed by atoms with van der Waals surface area (Å²) in [6.45, 7) is 4.41. The first-order valence-corrected chi connectivity index (χ1v) is 10.2. The predicted molar refractivity (Wildman–Crippen MR) is 100.0 cm³/mol. The van der Waals surface area contributed by atoms with Crippen LogP contribution in [-0.4, -0.2) is 56.0 Å². The second kappa shape index (κ2) is 9.15. The Kier molecular flexibility index (Phi) is 6.64. The van der Waals surface area contributed by atoms with Crippen LogP contribution in [-0.2, 0) is 4.79 Å². The average molecular weight is 363 g/mol. The van der Waals surface area contributed by atoms with Gasteiger partial charge in [0.05, 0.1) is 31.1 Å². The van der Waals surface area contributed by atoms with Crippen LogP contribution < -0.4 is 10.2 Å². The van der Waals surface area contributed by atoms with Crippen molar-refractivity contribution in [2.45, 2.75) is 32.1 Å². The molecule has 2 heterocycles. The molecule has 5 nitrogen and oxygen atoms in total. The summed E-state index contributed by atoms with van der Waals surface area (Å²) in [4.78, 5) is 28.4. The predicted octanol–water partition coefficient (Wildman–Crippen LogP) is 1.10. The lowest BCUT2D eigenvalue weighted by Crippen LogP contribution is -3.15. The highest BCUT2D eigenvalue weighted by Gasteiger charge is 2.26. The number of nitrogens with one attached hydrogen (secondary N) is 2. The smallest absolute Gasteiger partial charge is 0.275 e. The van der Waals surface area contributed by atoms with Gasteiger partial charge in [0.2, 0.25) is 0 Å². The van der Waals surface area contributed by atoms with Crippen LogP contribution in [0, 0.1) is 0 Å². The molecule has 1 aliphatic carbocycles. The third-order valence-corrected chi connectivity index (χ3v) is 5.91. The number of nitrogens with zero attached hydrogens (tertiary/aromatic N) is 1. The number of rotatable bonds is 6. The van der Waals surface area contributed by atoms with Crippen molar-refractivity contribution in [1.29, 1.82) is 0 Å². The highest BCUT2D eigenvalue weighted by molar-refractivity contribution is 7.12. The van der Waals surface area contributed by atoms with E-state index in [0.717, 1.165) is 44.0 Å². The number of carbonyl (C=O) groups is 2. The number of piperazine rings is 1. The van der Waals surface area contributed by atoms with Gasteiger partial charge in [-0.1, -0.05) is 17.7 Å². The summed E-state index contributed by atoms with van der Waals surface area (Å²) in [6, 6.07) is 3.79. The topological polar surface area (TPSA) is 53.9 Å². The SMILES string of the molecule is O=C(C[NH+]1CCN(C(=O)c2cccs2)CC1)NCCC1=CCCCC1. The quantitative estimate of drug-likeness (QED) is 0.745. The molecule has 25 heavy (non-hydrogen) atoms. The van der Waals surface area contributed by atoms with Crippen molar-refractivity contribution in [2.24, 2.45) is 0 Å². The standard InChI is InChI=1S/C19H27N3O2S/c23-18(20-9-8-16-5-2-1-3-6-16)15-21-10-12-22(13-11-21)19(24)17-7-4-14-25-17/h4-5,7,14H,1-3,6,8-13,15H2,(H,20,23)/p+1. The molecule has 136 valence electrons. The molecule has 0 bridgehead atoms. The lowest BCUT2D eigenvalue weighted by Gasteiger charge is -2.31. The molecule has 1 aliphatic heterocycles. The van der Waals surface area contributed by atoms with Gasteiger partial charge in [-0.15, -0.1) is 11.3 Å². The highest BCUT2D eigenvalue weighted by atomic mass is 32.1. The molecule has 3 rings (SSSR count). The molecule has 0 spiro atoms. The minimum Gasteiger partial charge on any atom is -0.351 e. The van der Waals surface area contributed by atoms with Crippen molar-refractivity contribution in [2.75, 3.05) is 39.3 Å². The first-order chi connectivity index (χ1) is 12.2. The van der Waals surface area contributed by atoms with Gasteiger partial charge >= 0.3 is 0 Å². The molecule has 6 heteroatoms. The van der Waals surface area contributed by atoms with Crippen LogP contribution >= 0.6 is 11.3 Å². The van der Waals surface area contributed by atoms with Crippen LogP contribution in [0.4, 0.5) is 0 Å². The highest BCUT2D eigenvalue weighted by Crippen LogP contribution is 2.19. The van der Waals surface area contributed by atoms with Gasteiger partial charge in [-0.3, -0.25) is 9.59 Å². The lowest BCUT2D eigenvalue weighted by molar-refractivity contribution is -0.896. The zero-order chi connectivity index (χ0) is 17.5. The Balaban J connectivity index is 1.33. The first-order valence-electron chi connectivity index (χ1n) is 9.33. The maximum Gasteiger partial charge on any atom is 0.275 e. The Hall–Kier alpha value is -1.66. The van der Waals surface area contributed by atoms with Gasteiger partial charge in [0.25, 0.3) is 11.8 Å². The molecular formula is C19H28N3O2S+. The molecule has 0 aromatic carbocycles. The molecular weight excluding hydrogens is 334 g/mol. The fourth-order valence-corrected chi connectivity index (χ4v) is 4.23. The molecule has 0 radical (unpaired) electrons. The Bertz CT molecular complexity index is 604. The molecule has 1 saturated heterocycles. The van der Waals surface area contributed by atoms with Crippen molar-refractivity contribution < 1.29 is 14.5 Å². The van der Waals surface area contributed by atoms with Gasteiger partial charge in [-0.05, 0) is 43.6 Å². The van der Waals surface area contributed by atoms with E-state index in [0.29, 0.717) is 6.54 Å². The first kappa shape index (κ1) is 18.1. The summed E-state index contributed by atoms with van der Waals surface area (Å²) in [7, 11) is 0. The van der Waals surface area contributed by atoms with Crippen LogP contribution in [0.2, 0.25) is 0 Å². The number of hydrogen-bond acceptors (Lipinski definition) is 3. The van der Waals surface area contributed by atoms with Crippen molar-refractivity contribution in [3.05, 3.63) is 34.0 Å². The van der Waals surface area contributed by atoms with Crippen LogP contribution in [0.25, 0.3) is 0 Å². The molecule has 1 aromatic heterocycles. The van der Waals surface area contributed by atoms with Gasteiger partial charge in [0.1, 0.15) is 0 Å². The van der Waals surface area contributed by atoms with Crippen LogP contribution in [0.1, 0.15) is 41.8 Å². The molecule has 0 saturated carbocycles. The zero-order valence-corrected chi connectivity index (χ0v) is 15.6. The van der Waals surface area contributed by atoms with E-state index in [9.17, 15) is 9.59 Å². The molecule has 0 atom stereocenters. The minimum atomic E-state index is 0.124. The van der Waals surface area contributed by atoms with Gasteiger partial charge in [0.15, 0.2) is 6.54 Å². The minimum absolute atomic E-state index is 0.124. The third kappa shape index (κ3) is 5.41. The number of amides is 2. The summed E-state index contributed by atoms with van der Waals surface area (Å²) < 4.78 is 0. The number of thiophene rings is 1. The maximum absolute atomic E-state index is 12.3. The van der Waals surface area contributed by atoms with E-state index < -0.39 is 0 Å². The van der Waals surface area contributed by atoms with Crippen molar-refractivity contribution in [1.82, 2.24) is 10.2 Å². The monoisotopic (exact) mass is 362 g/mol. The summed E-state index contributed by atoms with van der Waals surface area (Å²) in [6.07, 6.45) is 8.32. The molecule has 1 aromatic rings. The number of hydrogen-bond donors (Lipinski definition) is 2. The van der Waals surface area contributed by atoms with Crippen LogP contribution in [0.3, 0.4) is 0 Å². The van der Waals surface area contributed by atoms with Crippen molar-refractivity contribution in [3.63, 3.8) is 0 Å². The van der Waals surface area contributed by atoms with Crippen molar-refractivity contribution >= 4 is 23.2 Å². The Morgan fingerprint density at radius 1 is 1.24 bits per heavy atom. The summed E-state index contributed by atoms with van der Waals surface area (Å²) >= 11 is 1.49. The second-order valence-corrected chi connectivity index (χ2v) is 7.85. The normalized spacial score (nSPS) is 18.7. The average Bonchev–Trinajstić information content (AvgIpc) is 3.17. The van der Waals surface area contributed by atoms with E-state index in [4.69, 9.17) is 0 Å². The zero-order valence-electron chi connectivity index (χ0n) is 14.8. The molecule has 2 amide bonds. The molecule has 1 fully saturated rings. The fourth-order valence-electron chi connectivity index (χ4n) is 3.54. The van der Waals surface area contributed by atoms with E-state index in [1.165, 1.54) is 47.5 Å². The fraction of sp³-hybridized carbons (Fsp3) is 0.579. The largest absolute Gasteiger partial charge is 0.351 e. The Morgan fingerprint density at radius 3 is 2.76 bits per heavy atom. The van der Waals surface area contributed by atoms with Crippen LogP contribution in [0.5, 0.6) is 0 Å². The number of quaternary nitrogens is 1. The second-order valence-electron chi connectivity index (χ2n) is 6.90. The molecule has 2 aliphatic rings. The van der Waals surface area contributed by atoms with E-state index in [-0.39, 0.29) is 11.8 Å². The maximum atomic E-state index is 12.3. The Labute approximate surface area is 153 Å². The Morgan fingerprint density at radius 2 is 2.08 bits per heavy atom. The summed E-state index contributed by atoms with van der Waals surface area (Å²) in [5.74, 6) is 0.253. The number of allylic oxidation sites excluding steroid dienone is 1. The van der Waals surface area contributed by atoms with Crippen molar-refractivity contribution in [3.8, 4) is 0 Å². The van der Waals surface area contributed by atoms with E-state index in [2.05, 4.69) is 11.4 Å². The van der Waals surface area contributed by atoms with Crippen LogP contribution in [0.15, 0.2) is 29.2 Å². The third-order valence-electron chi connectivity index (χ3n) is 5.05. The van der Waals surface area contributed by atoms with Gasteiger partial charge in [-0.25, -0.2) is 0 Å². The molecule has 0 unspecified atom stereocenters. The van der Waals surface area contributed by atoms with Gasteiger partial charge in [-0.2, -0.15) is 0 Å². The van der Waals surface area contributed by atoms with E-state index in [1.54, 1.807) is 0 Å².